The summed E-state index contributed by atoms with van der Waals surface area (Å²) in [5.41, 5.74) is 2.88. The molecule has 0 aromatic carbocycles. The topological polar surface area (TPSA) is 60.2 Å². The number of amides is 1. The number of rotatable bonds is 4. The van der Waals surface area contributed by atoms with Crippen LogP contribution in [0.4, 0.5) is 18.9 Å². The van der Waals surface area contributed by atoms with Crippen molar-refractivity contribution < 1.29 is 22.7 Å². The van der Waals surface area contributed by atoms with Gasteiger partial charge in [-0.15, -0.1) is 11.3 Å². The molecule has 0 saturated heterocycles. The lowest BCUT2D eigenvalue weighted by Gasteiger charge is -2.12. The van der Waals surface area contributed by atoms with Crippen LogP contribution in [0.25, 0.3) is 10.6 Å². The summed E-state index contributed by atoms with van der Waals surface area (Å²) in [6.07, 6.45) is -1.90. The molecule has 1 aliphatic heterocycles. The van der Waals surface area contributed by atoms with Crippen LogP contribution in [0.15, 0.2) is 29.9 Å². The number of carbonyl (C=O) groups is 1. The Bertz CT molecular complexity index is 1060. The molecule has 0 atom stereocenters. The zero-order valence-electron chi connectivity index (χ0n) is 14.9. The average Bonchev–Trinajstić information content (AvgIpc) is 3.32. The lowest BCUT2D eigenvalue weighted by atomic mass is 10.1. The Labute approximate surface area is 162 Å². The average molecular weight is 408 g/mol. The van der Waals surface area contributed by atoms with Gasteiger partial charge in [-0.05, 0) is 18.6 Å². The van der Waals surface area contributed by atoms with Gasteiger partial charge < -0.3 is 4.74 Å². The van der Waals surface area contributed by atoms with Crippen molar-refractivity contribution in [2.24, 2.45) is 0 Å². The van der Waals surface area contributed by atoms with E-state index >= 15 is 0 Å². The summed E-state index contributed by atoms with van der Waals surface area (Å²) >= 11 is 1.48. The van der Waals surface area contributed by atoms with E-state index in [2.05, 4.69) is 10.1 Å². The molecule has 1 aliphatic rings. The Kier molecular flexibility index (Phi) is 4.37. The molecule has 0 bridgehead atoms. The summed E-state index contributed by atoms with van der Waals surface area (Å²) in [5.74, 6) is 0.441. The smallest absolute Gasteiger partial charge is 0.408 e. The third-order valence-electron chi connectivity index (χ3n) is 4.39. The number of methoxy groups -OCH3 is 1. The molecule has 0 unspecified atom stereocenters. The largest absolute Gasteiger partial charge is 0.496 e. The zero-order chi connectivity index (χ0) is 20.1. The third-order valence-corrected chi connectivity index (χ3v) is 5.33. The number of carbonyl (C=O) groups excluding carboxylic acids is 1. The van der Waals surface area contributed by atoms with E-state index < -0.39 is 12.7 Å². The van der Waals surface area contributed by atoms with E-state index in [0.29, 0.717) is 16.9 Å². The van der Waals surface area contributed by atoms with Crippen molar-refractivity contribution in [3.8, 4) is 16.3 Å². The van der Waals surface area contributed by atoms with Crippen molar-refractivity contribution in [3.63, 3.8) is 0 Å². The molecular formula is C18H15F3N4O2S. The fourth-order valence-corrected chi connectivity index (χ4v) is 3.98. The quantitative estimate of drug-likeness (QED) is 0.654. The van der Waals surface area contributed by atoms with Crippen LogP contribution in [0.2, 0.25) is 0 Å². The van der Waals surface area contributed by atoms with Gasteiger partial charge in [-0.1, -0.05) is 0 Å². The second-order valence-electron chi connectivity index (χ2n) is 6.40. The molecular weight excluding hydrogens is 393 g/mol. The first-order valence-electron chi connectivity index (χ1n) is 8.29. The highest BCUT2D eigenvalue weighted by Crippen LogP contribution is 2.35. The normalized spacial score (nSPS) is 13.9. The highest BCUT2D eigenvalue weighted by atomic mass is 32.1. The van der Waals surface area contributed by atoms with E-state index in [9.17, 15) is 18.0 Å². The van der Waals surface area contributed by atoms with Crippen molar-refractivity contribution in [3.05, 3.63) is 46.7 Å². The summed E-state index contributed by atoms with van der Waals surface area (Å²) in [4.78, 5) is 19.7. The van der Waals surface area contributed by atoms with Crippen LogP contribution in [0, 0.1) is 6.92 Å². The van der Waals surface area contributed by atoms with Gasteiger partial charge >= 0.3 is 6.18 Å². The van der Waals surface area contributed by atoms with Crippen molar-refractivity contribution in [2.45, 2.75) is 26.2 Å². The van der Waals surface area contributed by atoms with Crippen LogP contribution >= 0.6 is 11.3 Å². The molecule has 0 aliphatic carbocycles. The summed E-state index contributed by atoms with van der Waals surface area (Å²) in [5, 5.41) is 5.58. The Balaban J connectivity index is 1.64. The first-order chi connectivity index (χ1) is 13.2. The van der Waals surface area contributed by atoms with Crippen molar-refractivity contribution >= 4 is 22.9 Å². The fourth-order valence-electron chi connectivity index (χ4n) is 3.16. The minimum absolute atomic E-state index is 0.184. The number of aryl methyl sites for hydroxylation is 1. The molecule has 3 aromatic rings. The number of nitrogens with zero attached hydrogens (tertiary/aromatic N) is 4. The summed E-state index contributed by atoms with van der Waals surface area (Å²) in [7, 11) is 1.59. The van der Waals surface area contributed by atoms with Crippen molar-refractivity contribution in [1.29, 1.82) is 0 Å². The number of ether oxygens (including phenoxy) is 1. The maximum Gasteiger partial charge on any atom is 0.408 e. The monoisotopic (exact) mass is 408 g/mol. The first-order valence-corrected chi connectivity index (χ1v) is 9.17. The zero-order valence-corrected chi connectivity index (χ0v) is 15.8. The standard InChI is InChI=1S/C18H15F3N4O2S/c1-10-3-13(15-4-12(27-2)8-28-15)23-14-7-25(17(26)16(10)14)11-5-22-24(6-11)9-18(19,20)21/h3-6,8H,7,9H2,1-2H3. The highest BCUT2D eigenvalue weighted by Gasteiger charge is 2.34. The summed E-state index contributed by atoms with van der Waals surface area (Å²) in [6, 6.07) is 3.70. The van der Waals surface area contributed by atoms with Crippen molar-refractivity contribution in [2.75, 3.05) is 12.0 Å². The van der Waals surface area contributed by atoms with Crippen LogP contribution in [0.1, 0.15) is 21.6 Å². The van der Waals surface area contributed by atoms with E-state index in [1.165, 1.54) is 28.6 Å². The maximum atomic E-state index is 12.8. The minimum Gasteiger partial charge on any atom is -0.496 e. The highest BCUT2D eigenvalue weighted by molar-refractivity contribution is 7.13. The number of hydrogen-bond donors (Lipinski definition) is 0. The minimum atomic E-state index is -4.38. The van der Waals surface area contributed by atoms with Crippen LogP contribution in [0.5, 0.6) is 5.75 Å². The molecule has 6 nitrogen and oxygen atoms in total. The summed E-state index contributed by atoms with van der Waals surface area (Å²) in [6.45, 7) is 0.802. The van der Waals surface area contributed by atoms with E-state index in [0.717, 1.165) is 26.6 Å². The number of halogens is 3. The van der Waals surface area contributed by atoms with Crippen LogP contribution in [0.3, 0.4) is 0 Å². The molecule has 0 saturated carbocycles. The Morgan fingerprint density at radius 1 is 1.32 bits per heavy atom. The Morgan fingerprint density at radius 2 is 2.11 bits per heavy atom. The summed E-state index contributed by atoms with van der Waals surface area (Å²) < 4.78 is 43.6. The molecule has 10 heteroatoms. The van der Waals surface area contributed by atoms with Crippen LogP contribution in [-0.4, -0.2) is 34.0 Å². The lowest BCUT2D eigenvalue weighted by Crippen LogP contribution is -2.23. The number of pyridine rings is 1. The molecule has 0 fully saturated rings. The second-order valence-corrected chi connectivity index (χ2v) is 7.31. The number of thiophene rings is 1. The van der Waals surface area contributed by atoms with Gasteiger partial charge in [0, 0.05) is 17.6 Å². The number of alkyl halides is 3. The third kappa shape index (κ3) is 3.35. The van der Waals surface area contributed by atoms with E-state index in [-0.39, 0.29) is 12.5 Å². The van der Waals surface area contributed by atoms with Gasteiger partial charge in [0.25, 0.3) is 5.91 Å². The van der Waals surface area contributed by atoms with E-state index in [4.69, 9.17) is 4.74 Å². The van der Waals surface area contributed by atoms with Gasteiger partial charge in [-0.2, -0.15) is 18.3 Å². The van der Waals surface area contributed by atoms with Gasteiger partial charge in [0.1, 0.15) is 12.3 Å². The molecule has 0 radical (unpaired) electrons. The van der Waals surface area contributed by atoms with E-state index in [1.807, 2.05) is 24.4 Å². The Morgan fingerprint density at radius 3 is 2.79 bits per heavy atom. The fraction of sp³-hybridized carbons (Fsp3) is 0.278. The molecule has 146 valence electrons. The van der Waals surface area contributed by atoms with Crippen molar-refractivity contribution in [1.82, 2.24) is 14.8 Å². The first kappa shape index (κ1) is 18.5. The molecule has 3 aromatic heterocycles. The van der Waals surface area contributed by atoms with E-state index in [1.54, 1.807) is 7.11 Å². The van der Waals surface area contributed by atoms with Gasteiger partial charge in [-0.25, -0.2) is 4.98 Å². The number of hydrogen-bond acceptors (Lipinski definition) is 5. The van der Waals surface area contributed by atoms with Crippen LogP contribution in [-0.2, 0) is 13.1 Å². The van der Waals surface area contributed by atoms with Gasteiger partial charge in [0.2, 0.25) is 0 Å². The number of fused-ring (bicyclic) bond motifs is 1. The molecule has 1 amide bonds. The van der Waals surface area contributed by atoms with Crippen LogP contribution < -0.4 is 9.64 Å². The molecule has 28 heavy (non-hydrogen) atoms. The molecule has 4 heterocycles. The van der Waals surface area contributed by atoms with Gasteiger partial charge in [0.05, 0.1) is 47.4 Å². The lowest BCUT2D eigenvalue weighted by molar-refractivity contribution is -0.142. The SMILES string of the molecule is COc1csc(-c2cc(C)c3c(n2)CN(c2cnn(CC(F)(F)F)c2)C3=O)c1. The predicted octanol–water partition coefficient (Wildman–Crippen LogP) is 4.05. The number of aromatic nitrogens is 3. The second kappa shape index (κ2) is 6.62. The molecule has 4 rings (SSSR count). The van der Waals surface area contributed by atoms with Gasteiger partial charge in [-0.3, -0.25) is 14.4 Å². The Hall–Kier alpha value is -2.88. The predicted molar refractivity (Wildman–Crippen MR) is 97.6 cm³/mol. The number of anilines is 1. The molecule has 0 spiro atoms. The molecule has 0 N–H and O–H groups in total. The maximum absolute atomic E-state index is 12.8. The van der Waals surface area contributed by atoms with Gasteiger partial charge in [0.15, 0.2) is 0 Å².